The topological polar surface area (TPSA) is 99.8 Å². The second-order valence-corrected chi connectivity index (χ2v) is 3.69. The van der Waals surface area contributed by atoms with Gasteiger partial charge in [0.1, 0.15) is 12.4 Å². The minimum Gasteiger partial charge on any atom is -0.465 e. The van der Waals surface area contributed by atoms with Gasteiger partial charge in [0, 0.05) is 13.1 Å². The van der Waals surface area contributed by atoms with Gasteiger partial charge in [0.25, 0.3) is 0 Å². The van der Waals surface area contributed by atoms with Crippen molar-refractivity contribution in [3.63, 3.8) is 0 Å². The van der Waals surface area contributed by atoms with Crippen molar-refractivity contribution in [3.8, 4) is 0 Å². The molecule has 0 aromatic carbocycles. The molecule has 0 unspecified atom stereocenters. The molecule has 0 spiro atoms. The molecule has 7 nitrogen and oxygen atoms in total. The number of piperazine rings is 1. The molecule has 0 bridgehead atoms. The minimum absolute atomic E-state index is 0.125. The van der Waals surface area contributed by atoms with Crippen LogP contribution in [0.4, 0.5) is 16.3 Å². The summed E-state index contributed by atoms with van der Waals surface area (Å²) in [7, 11) is 0. The molecular formula is C10H12N4O3. The molecule has 1 aliphatic heterocycles. The summed E-state index contributed by atoms with van der Waals surface area (Å²) in [4.78, 5) is 29.0. The Morgan fingerprint density at radius 1 is 1.41 bits per heavy atom. The molecule has 90 valence electrons. The largest absolute Gasteiger partial charge is 0.465 e. The Labute approximate surface area is 97.4 Å². The van der Waals surface area contributed by atoms with Crippen LogP contribution in [-0.4, -0.2) is 46.6 Å². The molecule has 7 heteroatoms. The van der Waals surface area contributed by atoms with E-state index in [0.29, 0.717) is 24.6 Å². The Balaban J connectivity index is 2.12. The number of carbonyl (C=O) groups is 2. The lowest BCUT2D eigenvalue weighted by Crippen LogP contribution is -2.52. The van der Waals surface area contributed by atoms with E-state index >= 15 is 0 Å². The molecule has 0 radical (unpaired) electrons. The predicted octanol–water partition coefficient (Wildman–Crippen LogP) is -0.00960. The molecule has 0 saturated carbocycles. The van der Waals surface area contributed by atoms with Gasteiger partial charge in [0.15, 0.2) is 0 Å². The zero-order valence-corrected chi connectivity index (χ0v) is 9.04. The lowest BCUT2D eigenvalue weighted by Gasteiger charge is -2.32. The molecule has 1 saturated heterocycles. The van der Waals surface area contributed by atoms with Crippen molar-refractivity contribution >= 4 is 23.5 Å². The number of aromatic nitrogens is 1. The summed E-state index contributed by atoms with van der Waals surface area (Å²) in [5.74, 6) is 0.121. The Morgan fingerprint density at radius 2 is 2.18 bits per heavy atom. The van der Waals surface area contributed by atoms with Crippen molar-refractivity contribution in [1.82, 2.24) is 9.88 Å². The monoisotopic (exact) mass is 236 g/mol. The molecule has 0 atom stereocenters. The number of pyridine rings is 1. The van der Waals surface area contributed by atoms with Crippen LogP contribution in [0.25, 0.3) is 0 Å². The van der Waals surface area contributed by atoms with E-state index in [2.05, 4.69) is 4.98 Å². The second kappa shape index (κ2) is 4.28. The maximum absolute atomic E-state index is 11.8. The van der Waals surface area contributed by atoms with Gasteiger partial charge in [0.2, 0.25) is 5.91 Å². The summed E-state index contributed by atoms with van der Waals surface area (Å²) in [5.41, 5.74) is 6.09. The second-order valence-electron chi connectivity index (χ2n) is 3.69. The maximum Gasteiger partial charge on any atom is 0.407 e. The third kappa shape index (κ3) is 2.27. The number of nitrogens with two attached hydrogens (primary N) is 1. The molecule has 2 heterocycles. The first-order valence-electron chi connectivity index (χ1n) is 5.07. The first-order chi connectivity index (χ1) is 8.08. The number of amides is 2. The maximum atomic E-state index is 11.8. The molecule has 1 aliphatic rings. The number of carbonyl (C=O) groups excluding carboxylic acids is 1. The van der Waals surface area contributed by atoms with Crippen molar-refractivity contribution in [2.75, 3.05) is 30.3 Å². The summed E-state index contributed by atoms with van der Waals surface area (Å²) in [6.45, 7) is 0.502. The number of anilines is 2. The predicted molar refractivity (Wildman–Crippen MR) is 60.6 cm³/mol. The molecule has 3 N–H and O–H groups in total. The van der Waals surface area contributed by atoms with Crippen LogP contribution in [-0.2, 0) is 4.79 Å². The molecule has 0 aliphatic carbocycles. The molecule has 17 heavy (non-hydrogen) atoms. The Hall–Kier alpha value is -2.31. The highest BCUT2D eigenvalue weighted by Gasteiger charge is 2.27. The van der Waals surface area contributed by atoms with Crippen molar-refractivity contribution in [3.05, 3.63) is 18.3 Å². The van der Waals surface area contributed by atoms with Gasteiger partial charge in [0.05, 0.1) is 11.9 Å². The van der Waals surface area contributed by atoms with E-state index < -0.39 is 6.09 Å². The highest BCUT2D eigenvalue weighted by atomic mass is 16.4. The number of hydrogen-bond acceptors (Lipinski definition) is 4. The van der Waals surface area contributed by atoms with Gasteiger partial charge < -0.3 is 15.7 Å². The van der Waals surface area contributed by atoms with Gasteiger partial charge in [-0.05, 0) is 12.1 Å². The van der Waals surface area contributed by atoms with Crippen LogP contribution in [0.1, 0.15) is 0 Å². The molecular weight excluding hydrogens is 224 g/mol. The fraction of sp³-hybridized carbons (Fsp3) is 0.300. The smallest absolute Gasteiger partial charge is 0.407 e. The van der Waals surface area contributed by atoms with Crippen molar-refractivity contribution < 1.29 is 14.7 Å². The number of rotatable bonds is 1. The van der Waals surface area contributed by atoms with E-state index in [1.54, 1.807) is 12.1 Å². The quantitative estimate of drug-likeness (QED) is 0.714. The fourth-order valence-electron chi connectivity index (χ4n) is 1.67. The normalized spacial score (nSPS) is 16.1. The Kier molecular flexibility index (Phi) is 2.82. The van der Waals surface area contributed by atoms with Crippen LogP contribution < -0.4 is 10.6 Å². The van der Waals surface area contributed by atoms with Crippen LogP contribution in [0.2, 0.25) is 0 Å². The Morgan fingerprint density at radius 3 is 2.71 bits per heavy atom. The SMILES string of the molecule is Nc1ccc(N2CCN(C(=O)O)CC2=O)cn1. The van der Waals surface area contributed by atoms with Gasteiger partial charge in [-0.15, -0.1) is 0 Å². The molecule has 1 aromatic heterocycles. The summed E-state index contributed by atoms with van der Waals surface area (Å²) >= 11 is 0. The fourth-order valence-corrected chi connectivity index (χ4v) is 1.67. The molecule has 2 amide bonds. The zero-order chi connectivity index (χ0) is 12.4. The third-order valence-corrected chi connectivity index (χ3v) is 2.57. The van der Waals surface area contributed by atoms with Crippen LogP contribution in [0, 0.1) is 0 Å². The number of hydrogen-bond donors (Lipinski definition) is 2. The van der Waals surface area contributed by atoms with Gasteiger partial charge in [-0.2, -0.15) is 0 Å². The lowest BCUT2D eigenvalue weighted by molar-refractivity contribution is -0.120. The Bertz CT molecular complexity index is 445. The summed E-state index contributed by atoms with van der Waals surface area (Å²) in [6, 6.07) is 3.29. The number of nitrogens with zero attached hydrogens (tertiary/aromatic N) is 3. The first kappa shape index (κ1) is 11.2. The summed E-state index contributed by atoms with van der Waals surface area (Å²) in [6.07, 6.45) is 0.428. The molecule has 1 fully saturated rings. The molecule has 1 aromatic rings. The first-order valence-corrected chi connectivity index (χ1v) is 5.07. The minimum atomic E-state index is -1.08. The van der Waals surface area contributed by atoms with Gasteiger partial charge in [-0.1, -0.05) is 0 Å². The third-order valence-electron chi connectivity index (χ3n) is 2.57. The van der Waals surface area contributed by atoms with Gasteiger partial charge in [-0.3, -0.25) is 9.69 Å². The van der Waals surface area contributed by atoms with Gasteiger partial charge in [-0.25, -0.2) is 9.78 Å². The van der Waals surface area contributed by atoms with E-state index in [9.17, 15) is 9.59 Å². The van der Waals surface area contributed by atoms with Crippen LogP contribution in [0.5, 0.6) is 0 Å². The highest BCUT2D eigenvalue weighted by Crippen LogP contribution is 2.16. The summed E-state index contributed by atoms with van der Waals surface area (Å²) < 4.78 is 0. The van der Waals surface area contributed by atoms with Crippen molar-refractivity contribution in [2.45, 2.75) is 0 Å². The van der Waals surface area contributed by atoms with E-state index in [-0.39, 0.29) is 12.5 Å². The summed E-state index contributed by atoms with van der Waals surface area (Å²) in [5, 5.41) is 8.78. The van der Waals surface area contributed by atoms with Crippen molar-refractivity contribution in [2.24, 2.45) is 0 Å². The average molecular weight is 236 g/mol. The van der Waals surface area contributed by atoms with E-state index in [1.807, 2.05) is 0 Å². The lowest BCUT2D eigenvalue weighted by atomic mass is 10.2. The number of nitrogen functional groups attached to an aromatic ring is 1. The van der Waals surface area contributed by atoms with Gasteiger partial charge >= 0.3 is 6.09 Å². The van der Waals surface area contributed by atoms with Crippen LogP contribution in [0.3, 0.4) is 0 Å². The zero-order valence-electron chi connectivity index (χ0n) is 9.04. The molecule has 2 rings (SSSR count). The standard InChI is InChI=1S/C10H12N4O3/c11-8-2-1-7(5-12-8)14-4-3-13(10(16)17)6-9(14)15/h1-2,5H,3-4,6H2,(H2,11,12)(H,16,17). The van der Waals surface area contributed by atoms with E-state index in [0.717, 1.165) is 4.90 Å². The number of carboxylic acid groups (broad SMARTS) is 1. The highest BCUT2D eigenvalue weighted by molar-refractivity contribution is 5.97. The average Bonchev–Trinajstić information content (AvgIpc) is 2.30. The van der Waals surface area contributed by atoms with Crippen molar-refractivity contribution in [1.29, 1.82) is 0 Å². The van der Waals surface area contributed by atoms with E-state index in [1.165, 1.54) is 11.1 Å². The van der Waals surface area contributed by atoms with E-state index in [4.69, 9.17) is 10.8 Å². The van der Waals surface area contributed by atoms with Crippen LogP contribution >= 0.6 is 0 Å². The van der Waals surface area contributed by atoms with Crippen LogP contribution in [0.15, 0.2) is 18.3 Å².